The summed E-state index contributed by atoms with van der Waals surface area (Å²) in [4.78, 5) is 4.23. The van der Waals surface area contributed by atoms with Gasteiger partial charge in [-0.2, -0.15) is 0 Å². The Bertz CT molecular complexity index is 4560. The molecule has 0 spiro atoms. The molecule has 0 aliphatic heterocycles. The fraction of sp³-hybridized carbons (Fsp3) is 0.162. The number of rotatable bonds is 8. The Morgan fingerprint density at radius 1 is 0.372 bits per heavy atom. The lowest BCUT2D eigenvalue weighted by atomic mass is 9.87. The van der Waals surface area contributed by atoms with Gasteiger partial charge in [0, 0.05) is 61.5 Å². The molecule has 0 atom stereocenters. The van der Waals surface area contributed by atoms with Crippen LogP contribution in [-0.2, 0) is 25.7 Å². The number of hydrogen-bond acceptors (Lipinski definition) is 4. The van der Waals surface area contributed by atoms with Crippen molar-refractivity contribution >= 4 is 99.5 Å². The molecule has 15 rings (SSSR count). The van der Waals surface area contributed by atoms with Crippen LogP contribution in [0.3, 0.4) is 0 Å². The second-order valence-electron chi connectivity index (χ2n) is 21.8. The standard InChI is InChI=1S/C74H60N2O2/c1-45-32-68(48(4)47(3)46(45)2)76(70-40-54-25-17-15-23-52(54)36-63(70)50-20-10-6-11-21-50)61-31-29-56-38-65-67-43-66-64-37-55-28-30-60(33-57(55)41-71(64)77-73(66)44-74(67)78-72(65)42-58(56)34-61)75(59-26-12-7-13-27-59)69-39-53-24-16-14-22-51(53)35-62(69)49-18-8-5-9-19-49/h5-13,18-21,26-44H,14-17,22-25H2,1-4H3/i7D,12D,13D,26D,27D,32D. The minimum absolute atomic E-state index is 0.0934. The third-order valence-electron chi connectivity index (χ3n) is 17.3. The molecule has 378 valence electrons. The molecular weight excluding hydrogens is 949 g/mol. The van der Waals surface area contributed by atoms with Gasteiger partial charge >= 0.3 is 0 Å². The SMILES string of the molecule is [2H]c1c([2H])c([2H])c(N(c2ccc3cc4c(cc3c2)oc2cc3oc5cc6cc(N(c7cc8c(cc7-c7ccccc7)CCCC8)c7c([2H])c(C)c(C)c(C)c7C)ccc6cc5c3cc24)c2cc3c(cc2-c2ccccc2)CCCC3)c([2H])c1[2H]. The summed E-state index contributed by atoms with van der Waals surface area (Å²) in [6.07, 6.45) is 8.48. The van der Waals surface area contributed by atoms with Gasteiger partial charge in [-0.1, -0.05) is 90.9 Å². The third kappa shape index (κ3) is 7.71. The number of hydrogen-bond donors (Lipinski definition) is 0. The molecule has 4 nitrogen and oxygen atoms in total. The molecule has 0 amide bonds. The Balaban J connectivity index is 0.863. The van der Waals surface area contributed by atoms with Crippen LogP contribution in [0.25, 0.3) is 87.7 Å². The van der Waals surface area contributed by atoms with E-state index in [4.69, 9.17) is 12.9 Å². The molecule has 0 saturated carbocycles. The maximum absolute atomic E-state index is 9.81. The zero-order valence-electron chi connectivity index (χ0n) is 50.4. The van der Waals surface area contributed by atoms with Crippen LogP contribution < -0.4 is 9.80 Å². The number of para-hydroxylation sites is 1. The highest BCUT2D eigenvalue weighted by molar-refractivity contribution is 6.18. The van der Waals surface area contributed by atoms with Crippen molar-refractivity contribution in [3.05, 3.63) is 238 Å². The summed E-state index contributed by atoms with van der Waals surface area (Å²) in [5, 5.41) is 7.85. The van der Waals surface area contributed by atoms with Crippen molar-refractivity contribution in [2.24, 2.45) is 0 Å². The number of aryl methyl sites for hydroxylation is 4. The van der Waals surface area contributed by atoms with E-state index >= 15 is 0 Å². The van der Waals surface area contributed by atoms with Gasteiger partial charge in [-0.25, -0.2) is 0 Å². The number of fused-ring (bicyclic) bond motifs is 10. The first-order chi connectivity index (χ1) is 40.8. The largest absolute Gasteiger partial charge is 0.456 e. The van der Waals surface area contributed by atoms with Gasteiger partial charge in [0.2, 0.25) is 0 Å². The van der Waals surface area contributed by atoms with Gasteiger partial charge in [0.15, 0.2) is 0 Å². The Labute approximate surface area is 464 Å². The quantitative estimate of drug-likeness (QED) is 0.152. The van der Waals surface area contributed by atoms with E-state index in [1.807, 2.05) is 47.4 Å². The number of furan rings is 2. The van der Waals surface area contributed by atoms with Gasteiger partial charge in [0.05, 0.1) is 19.6 Å². The Hall–Kier alpha value is -8.86. The fourth-order valence-corrected chi connectivity index (χ4v) is 12.9. The minimum atomic E-state index is -0.431. The van der Waals surface area contributed by atoms with Crippen molar-refractivity contribution in [1.82, 2.24) is 0 Å². The summed E-state index contributed by atoms with van der Waals surface area (Å²) in [6.45, 7) is 8.57. The summed E-state index contributed by atoms with van der Waals surface area (Å²) in [6, 6.07) is 54.4. The molecular formula is C74H60N2O2. The zero-order chi connectivity index (χ0) is 57.4. The maximum Gasteiger partial charge on any atom is 0.139 e. The molecule has 13 aromatic rings. The third-order valence-corrected chi connectivity index (χ3v) is 17.3. The van der Waals surface area contributed by atoms with Gasteiger partial charge in [0.25, 0.3) is 0 Å². The summed E-state index contributed by atoms with van der Waals surface area (Å²) in [7, 11) is 0. The topological polar surface area (TPSA) is 32.8 Å². The normalized spacial score (nSPS) is 14.6. The number of nitrogens with zero attached hydrogens (tertiary/aromatic N) is 2. The number of anilines is 6. The summed E-state index contributed by atoms with van der Waals surface area (Å²) < 4.78 is 68.2. The van der Waals surface area contributed by atoms with Crippen molar-refractivity contribution in [1.29, 1.82) is 0 Å². The predicted octanol–water partition coefficient (Wildman–Crippen LogP) is 21.1. The van der Waals surface area contributed by atoms with Crippen LogP contribution in [0.2, 0.25) is 0 Å². The van der Waals surface area contributed by atoms with Crippen LogP contribution in [0, 0.1) is 27.7 Å². The Morgan fingerprint density at radius 3 is 1.36 bits per heavy atom. The molecule has 0 fully saturated rings. The lowest BCUT2D eigenvalue weighted by molar-refractivity contribution is 0.656. The molecule has 78 heavy (non-hydrogen) atoms. The Kier molecular flexibility index (Phi) is 9.54. The van der Waals surface area contributed by atoms with Crippen molar-refractivity contribution in [2.75, 3.05) is 9.80 Å². The van der Waals surface area contributed by atoms with E-state index < -0.39 is 6.04 Å². The maximum atomic E-state index is 9.81. The van der Waals surface area contributed by atoms with Crippen LogP contribution >= 0.6 is 0 Å². The first-order valence-electron chi connectivity index (χ1n) is 30.6. The van der Waals surface area contributed by atoms with Gasteiger partial charge < -0.3 is 18.6 Å². The summed E-state index contributed by atoms with van der Waals surface area (Å²) >= 11 is 0. The molecule has 4 heteroatoms. The molecule has 2 aliphatic carbocycles. The van der Waals surface area contributed by atoms with Crippen molar-refractivity contribution in [2.45, 2.75) is 79.1 Å². The van der Waals surface area contributed by atoms with Crippen LogP contribution in [0.4, 0.5) is 34.1 Å². The minimum Gasteiger partial charge on any atom is -0.456 e. The van der Waals surface area contributed by atoms with Crippen molar-refractivity contribution < 1.29 is 17.1 Å². The van der Waals surface area contributed by atoms with E-state index in [9.17, 15) is 4.11 Å². The van der Waals surface area contributed by atoms with Crippen LogP contribution in [0.5, 0.6) is 0 Å². The molecule has 0 radical (unpaired) electrons. The van der Waals surface area contributed by atoms with Gasteiger partial charge in [-0.3, -0.25) is 0 Å². The van der Waals surface area contributed by atoms with E-state index in [2.05, 4.69) is 148 Å². The van der Waals surface area contributed by atoms with Gasteiger partial charge in [0.1, 0.15) is 22.3 Å². The zero-order valence-corrected chi connectivity index (χ0v) is 44.4. The highest BCUT2D eigenvalue weighted by Crippen LogP contribution is 2.49. The first kappa shape index (κ1) is 40.4. The number of benzene rings is 11. The van der Waals surface area contributed by atoms with E-state index in [0.29, 0.717) is 22.9 Å². The highest BCUT2D eigenvalue weighted by Gasteiger charge is 2.26. The average Bonchev–Trinajstić information content (AvgIpc) is 3.33. The molecule has 11 aromatic carbocycles. The Morgan fingerprint density at radius 2 is 0.833 bits per heavy atom. The molecule has 2 heterocycles. The molecule has 0 N–H and O–H groups in total. The average molecular weight is 1020 g/mol. The first-order valence-corrected chi connectivity index (χ1v) is 27.6. The second kappa shape index (κ2) is 18.4. The monoisotopic (exact) mass is 1010 g/mol. The van der Waals surface area contributed by atoms with Crippen molar-refractivity contribution in [3.8, 4) is 22.3 Å². The van der Waals surface area contributed by atoms with Crippen LogP contribution in [-0.4, -0.2) is 0 Å². The van der Waals surface area contributed by atoms with E-state index in [1.165, 1.54) is 34.2 Å². The highest BCUT2D eigenvalue weighted by atomic mass is 16.3. The van der Waals surface area contributed by atoms with Crippen LogP contribution in [0.15, 0.2) is 203 Å². The fourth-order valence-electron chi connectivity index (χ4n) is 12.9. The molecule has 0 unspecified atom stereocenters. The smallest absolute Gasteiger partial charge is 0.139 e. The van der Waals surface area contributed by atoms with Gasteiger partial charge in [-0.05, 0) is 253 Å². The predicted molar refractivity (Wildman–Crippen MR) is 328 cm³/mol. The second-order valence-corrected chi connectivity index (χ2v) is 21.8. The van der Waals surface area contributed by atoms with E-state index in [-0.39, 0.29) is 29.9 Å². The van der Waals surface area contributed by atoms with Crippen LogP contribution in [0.1, 0.15) is 78.4 Å². The molecule has 0 saturated heterocycles. The van der Waals surface area contributed by atoms with Crippen molar-refractivity contribution in [3.63, 3.8) is 0 Å². The molecule has 2 aliphatic rings. The van der Waals surface area contributed by atoms with E-state index in [1.54, 1.807) is 0 Å². The molecule has 2 aromatic heterocycles. The summed E-state index contributed by atoms with van der Waals surface area (Å²) in [5.74, 6) is 0. The summed E-state index contributed by atoms with van der Waals surface area (Å²) in [5.41, 5.74) is 21.3. The van der Waals surface area contributed by atoms with Gasteiger partial charge in [-0.15, -0.1) is 0 Å². The lowest BCUT2D eigenvalue weighted by Crippen LogP contribution is -2.15. The van der Waals surface area contributed by atoms with E-state index in [0.717, 1.165) is 161 Å². The lowest BCUT2D eigenvalue weighted by Gasteiger charge is -2.32. The molecule has 0 bridgehead atoms.